The van der Waals surface area contributed by atoms with Crippen molar-refractivity contribution in [3.63, 3.8) is 0 Å². The number of nitrogens with two attached hydrogens (primary N) is 1. The first-order valence-corrected chi connectivity index (χ1v) is 8.11. The Labute approximate surface area is 137 Å². The number of hydrogen-bond acceptors (Lipinski definition) is 4. The van der Waals surface area contributed by atoms with Gasteiger partial charge in [0.25, 0.3) is 0 Å². The van der Waals surface area contributed by atoms with E-state index in [1.807, 2.05) is 13.8 Å². The van der Waals surface area contributed by atoms with E-state index in [0.29, 0.717) is 17.9 Å². The topological polar surface area (TPSA) is 81.2 Å². The van der Waals surface area contributed by atoms with Crippen LogP contribution in [0.25, 0.3) is 0 Å². The van der Waals surface area contributed by atoms with Crippen molar-refractivity contribution in [2.45, 2.75) is 58.4 Å². The van der Waals surface area contributed by atoms with E-state index < -0.39 is 0 Å². The lowest BCUT2D eigenvalue weighted by molar-refractivity contribution is -0.122. The Hall–Kier alpha value is -1.07. The second-order valence-corrected chi connectivity index (χ2v) is 6.61. The van der Waals surface area contributed by atoms with Crippen molar-refractivity contribution in [1.29, 1.82) is 0 Å². The molecule has 0 radical (unpaired) electrons. The fourth-order valence-corrected chi connectivity index (χ4v) is 4.05. The summed E-state index contributed by atoms with van der Waals surface area (Å²) in [5.74, 6) is 1.98. The van der Waals surface area contributed by atoms with E-state index in [9.17, 15) is 4.79 Å². The molecule has 22 heavy (non-hydrogen) atoms. The Morgan fingerprint density at radius 3 is 2.59 bits per heavy atom. The average molecular weight is 328 g/mol. The number of aromatic nitrogens is 1. The molecule has 0 spiro atoms. The number of rotatable bonds is 3. The van der Waals surface area contributed by atoms with Gasteiger partial charge < -0.3 is 15.6 Å². The molecule has 0 saturated heterocycles. The Morgan fingerprint density at radius 2 is 2.00 bits per heavy atom. The van der Waals surface area contributed by atoms with Crippen molar-refractivity contribution >= 4 is 24.0 Å². The van der Waals surface area contributed by atoms with E-state index in [1.165, 1.54) is 19.3 Å². The molecule has 2 bridgehead atoms. The summed E-state index contributed by atoms with van der Waals surface area (Å²) in [5, 5.41) is 6.99. The summed E-state index contributed by atoms with van der Waals surface area (Å²) in [4.78, 5) is 12.6. The van der Waals surface area contributed by atoms with Crippen LogP contribution in [0, 0.1) is 24.7 Å². The third-order valence-corrected chi connectivity index (χ3v) is 5.29. The zero-order valence-corrected chi connectivity index (χ0v) is 14.1. The number of fused-ring (bicyclic) bond motifs is 2. The molecule has 3 N–H and O–H groups in total. The monoisotopic (exact) mass is 327 g/mol. The van der Waals surface area contributed by atoms with Gasteiger partial charge in [-0.15, -0.1) is 12.4 Å². The van der Waals surface area contributed by atoms with Gasteiger partial charge in [0.1, 0.15) is 11.4 Å². The highest BCUT2D eigenvalue weighted by Gasteiger charge is 2.40. The van der Waals surface area contributed by atoms with E-state index >= 15 is 0 Å². The normalized spacial score (nSPS) is 30.5. The number of nitrogens with one attached hydrogen (secondary N) is 1. The molecule has 1 amide bonds. The Bertz CT molecular complexity index is 517. The number of nitrogens with zero attached hydrogens (tertiary/aromatic N) is 1. The van der Waals surface area contributed by atoms with Gasteiger partial charge in [0.15, 0.2) is 5.76 Å². The third kappa shape index (κ3) is 3.15. The molecule has 0 aromatic carbocycles. The fourth-order valence-electron chi connectivity index (χ4n) is 4.05. The van der Waals surface area contributed by atoms with Crippen molar-refractivity contribution in [1.82, 2.24) is 5.16 Å². The Balaban J connectivity index is 0.00000176. The van der Waals surface area contributed by atoms with Crippen LogP contribution in [0.15, 0.2) is 4.52 Å². The maximum absolute atomic E-state index is 12.6. The molecule has 2 unspecified atom stereocenters. The summed E-state index contributed by atoms with van der Waals surface area (Å²) in [6.07, 6.45) is 6.20. The summed E-state index contributed by atoms with van der Waals surface area (Å²) in [5.41, 5.74) is 7.82. The molecule has 2 aliphatic carbocycles. The SMILES string of the molecule is CCc1onc(C)c1NC(=O)C1CC2CCCC(C1)C2N.Cl. The molecular formula is C16H26ClN3O2. The molecule has 2 saturated carbocycles. The van der Waals surface area contributed by atoms with Crippen molar-refractivity contribution in [2.75, 3.05) is 5.32 Å². The molecule has 2 aliphatic rings. The van der Waals surface area contributed by atoms with Gasteiger partial charge >= 0.3 is 0 Å². The van der Waals surface area contributed by atoms with Gasteiger partial charge in [-0.25, -0.2) is 0 Å². The largest absolute Gasteiger partial charge is 0.359 e. The van der Waals surface area contributed by atoms with E-state index in [-0.39, 0.29) is 24.2 Å². The maximum Gasteiger partial charge on any atom is 0.227 e. The predicted octanol–water partition coefficient (Wildman–Crippen LogP) is 3.06. The highest BCUT2D eigenvalue weighted by Crippen LogP contribution is 2.42. The van der Waals surface area contributed by atoms with E-state index in [0.717, 1.165) is 36.4 Å². The number of halogens is 1. The summed E-state index contributed by atoms with van der Waals surface area (Å²) in [6, 6.07) is 0.298. The van der Waals surface area contributed by atoms with Gasteiger partial charge in [0, 0.05) is 18.4 Å². The smallest absolute Gasteiger partial charge is 0.227 e. The average Bonchev–Trinajstić information content (AvgIpc) is 2.79. The van der Waals surface area contributed by atoms with Crippen LogP contribution in [0.2, 0.25) is 0 Å². The van der Waals surface area contributed by atoms with Gasteiger partial charge in [0.05, 0.1) is 0 Å². The quantitative estimate of drug-likeness (QED) is 0.894. The van der Waals surface area contributed by atoms with Crippen LogP contribution in [0.5, 0.6) is 0 Å². The van der Waals surface area contributed by atoms with Crippen molar-refractivity contribution in [2.24, 2.45) is 23.5 Å². The third-order valence-electron chi connectivity index (χ3n) is 5.29. The number of amides is 1. The van der Waals surface area contributed by atoms with Crippen molar-refractivity contribution in [3.8, 4) is 0 Å². The number of hydrogen-bond donors (Lipinski definition) is 2. The van der Waals surface area contributed by atoms with Gasteiger partial charge in [-0.05, 0) is 44.4 Å². The van der Waals surface area contributed by atoms with Crippen LogP contribution < -0.4 is 11.1 Å². The zero-order chi connectivity index (χ0) is 15.0. The minimum atomic E-state index is 0. The first-order chi connectivity index (χ1) is 10.1. The molecule has 6 heteroatoms. The lowest BCUT2D eigenvalue weighted by Gasteiger charge is -2.43. The molecule has 1 aromatic rings. The van der Waals surface area contributed by atoms with Crippen molar-refractivity contribution in [3.05, 3.63) is 11.5 Å². The molecule has 2 atom stereocenters. The molecule has 3 rings (SSSR count). The number of carbonyl (C=O) groups is 1. The van der Waals surface area contributed by atoms with Crippen LogP contribution in [0.3, 0.4) is 0 Å². The van der Waals surface area contributed by atoms with Crippen LogP contribution in [-0.2, 0) is 11.2 Å². The molecule has 5 nitrogen and oxygen atoms in total. The molecule has 124 valence electrons. The number of aryl methyl sites for hydroxylation is 2. The first kappa shape index (κ1) is 17.3. The van der Waals surface area contributed by atoms with E-state index in [1.54, 1.807) is 0 Å². The zero-order valence-electron chi connectivity index (χ0n) is 13.3. The van der Waals surface area contributed by atoms with Gasteiger partial charge in [0.2, 0.25) is 5.91 Å². The first-order valence-electron chi connectivity index (χ1n) is 8.11. The molecular weight excluding hydrogens is 302 g/mol. The Kier molecular flexibility index (Phi) is 5.50. The summed E-state index contributed by atoms with van der Waals surface area (Å²) in [6.45, 7) is 3.86. The molecule has 0 aliphatic heterocycles. The second-order valence-electron chi connectivity index (χ2n) is 6.61. The predicted molar refractivity (Wildman–Crippen MR) is 88.0 cm³/mol. The fraction of sp³-hybridized carbons (Fsp3) is 0.750. The van der Waals surface area contributed by atoms with E-state index in [2.05, 4.69) is 10.5 Å². The summed E-state index contributed by atoms with van der Waals surface area (Å²) in [7, 11) is 0. The van der Waals surface area contributed by atoms with E-state index in [4.69, 9.17) is 10.3 Å². The van der Waals surface area contributed by atoms with Crippen LogP contribution in [0.4, 0.5) is 5.69 Å². The standard InChI is InChI=1S/C16H25N3O2.ClH/c1-3-13-15(9(2)19-21-13)18-16(20)12-7-10-5-4-6-11(8-12)14(10)17;/h10-12,14H,3-8,17H2,1-2H3,(H,18,20);1H. The minimum absolute atomic E-state index is 0. The van der Waals surface area contributed by atoms with Crippen LogP contribution in [-0.4, -0.2) is 17.1 Å². The Morgan fingerprint density at radius 1 is 1.36 bits per heavy atom. The van der Waals surface area contributed by atoms with Crippen LogP contribution in [0.1, 0.15) is 50.5 Å². The summed E-state index contributed by atoms with van der Waals surface area (Å²) >= 11 is 0. The summed E-state index contributed by atoms with van der Waals surface area (Å²) < 4.78 is 5.24. The lowest BCUT2D eigenvalue weighted by atomic mass is 9.65. The number of anilines is 1. The second kappa shape index (κ2) is 7.01. The highest BCUT2D eigenvalue weighted by atomic mass is 35.5. The molecule has 2 fully saturated rings. The molecule has 1 heterocycles. The highest BCUT2D eigenvalue weighted by molar-refractivity contribution is 5.93. The van der Waals surface area contributed by atoms with Gasteiger partial charge in [-0.1, -0.05) is 18.5 Å². The van der Waals surface area contributed by atoms with Crippen molar-refractivity contribution < 1.29 is 9.32 Å². The van der Waals surface area contributed by atoms with Gasteiger partial charge in [-0.2, -0.15) is 0 Å². The maximum atomic E-state index is 12.6. The van der Waals surface area contributed by atoms with Crippen LogP contribution >= 0.6 is 12.4 Å². The molecule has 1 aromatic heterocycles. The lowest BCUT2D eigenvalue weighted by Crippen LogP contribution is -2.48. The van der Waals surface area contributed by atoms with Gasteiger partial charge in [-0.3, -0.25) is 4.79 Å². The number of carbonyl (C=O) groups excluding carboxylic acids is 1. The minimum Gasteiger partial charge on any atom is -0.359 e.